The third-order valence-electron chi connectivity index (χ3n) is 7.45. The molecule has 0 bridgehead atoms. The number of aliphatic hydroxyl groups is 3. The number of ether oxygens (including phenoxy) is 2. The van der Waals surface area contributed by atoms with E-state index in [1.807, 2.05) is 24.6 Å². The van der Waals surface area contributed by atoms with Gasteiger partial charge in [0, 0.05) is 25.5 Å². The molecule has 3 rings (SSSR count). The number of piperidine rings is 1. The molecule has 2 aliphatic rings. The van der Waals surface area contributed by atoms with Gasteiger partial charge in [-0.2, -0.15) is 0 Å². The number of rotatable bonds is 9. The molecule has 2 fully saturated rings. The summed E-state index contributed by atoms with van der Waals surface area (Å²) in [6.45, 7) is 10.4. The van der Waals surface area contributed by atoms with Crippen LogP contribution in [0.5, 0.6) is 0 Å². The zero-order valence-corrected chi connectivity index (χ0v) is 24.7. The van der Waals surface area contributed by atoms with Crippen molar-refractivity contribution >= 4 is 23.8 Å². The van der Waals surface area contributed by atoms with Crippen LogP contribution in [0.2, 0.25) is 0 Å². The lowest BCUT2D eigenvalue weighted by Crippen LogP contribution is -2.65. The molecule has 2 amide bonds. The maximum atomic E-state index is 13.8. The first-order valence-corrected chi connectivity index (χ1v) is 15.1. The minimum Gasteiger partial charge on any atom is -0.444 e. The number of aliphatic hydroxyl groups excluding tert-OH is 3. The Kier molecular flexibility index (Phi) is 11.1. The minimum absolute atomic E-state index is 0.164. The molecule has 0 spiro atoms. The van der Waals surface area contributed by atoms with E-state index in [9.17, 15) is 24.9 Å². The SMILES string of the molecule is CSC1OC(C(NC(=O)C2CC(CCCn3ccnc3)CCN2C(=O)OC(C)(C)C)C(C)C)C(O)C(O)C1O. The highest BCUT2D eigenvalue weighted by molar-refractivity contribution is 7.99. The lowest BCUT2D eigenvalue weighted by Gasteiger charge is -2.45. The monoisotopic (exact) mass is 570 g/mol. The minimum atomic E-state index is -1.41. The van der Waals surface area contributed by atoms with Crippen molar-refractivity contribution in [2.45, 2.75) is 114 Å². The molecule has 12 heteroatoms. The number of aryl methyl sites for hydroxylation is 1. The van der Waals surface area contributed by atoms with Gasteiger partial charge < -0.3 is 34.7 Å². The van der Waals surface area contributed by atoms with Gasteiger partial charge in [0.05, 0.1) is 12.4 Å². The summed E-state index contributed by atoms with van der Waals surface area (Å²) in [5.74, 6) is -0.270. The van der Waals surface area contributed by atoms with Crippen molar-refractivity contribution in [2.75, 3.05) is 12.8 Å². The van der Waals surface area contributed by atoms with Crippen molar-refractivity contribution in [3.63, 3.8) is 0 Å². The summed E-state index contributed by atoms with van der Waals surface area (Å²) < 4.78 is 13.6. The molecule has 8 unspecified atom stereocenters. The van der Waals surface area contributed by atoms with Crippen molar-refractivity contribution in [2.24, 2.45) is 11.8 Å². The zero-order chi connectivity index (χ0) is 28.9. The van der Waals surface area contributed by atoms with Gasteiger partial charge in [-0.3, -0.25) is 9.69 Å². The molecule has 0 aromatic carbocycles. The maximum Gasteiger partial charge on any atom is 0.410 e. The van der Waals surface area contributed by atoms with Crippen LogP contribution in [-0.2, 0) is 20.8 Å². The Bertz CT molecular complexity index is 924. The first-order valence-electron chi connectivity index (χ1n) is 13.8. The number of carbonyl (C=O) groups excluding carboxylic acids is 2. The number of nitrogens with one attached hydrogen (secondary N) is 1. The number of nitrogens with zero attached hydrogens (tertiary/aromatic N) is 3. The number of hydrogen-bond acceptors (Lipinski definition) is 9. The Morgan fingerprint density at radius 1 is 1.21 bits per heavy atom. The summed E-state index contributed by atoms with van der Waals surface area (Å²) in [6.07, 6.45) is 4.77. The number of imidazole rings is 1. The van der Waals surface area contributed by atoms with Gasteiger partial charge >= 0.3 is 6.09 Å². The van der Waals surface area contributed by atoms with Gasteiger partial charge in [0.1, 0.15) is 41.5 Å². The number of hydrogen-bond donors (Lipinski definition) is 4. The van der Waals surface area contributed by atoms with Crippen molar-refractivity contribution in [1.82, 2.24) is 19.8 Å². The lowest BCUT2D eigenvalue weighted by atomic mass is 9.85. The van der Waals surface area contributed by atoms with Gasteiger partial charge in [-0.25, -0.2) is 9.78 Å². The van der Waals surface area contributed by atoms with Crippen LogP contribution < -0.4 is 5.32 Å². The van der Waals surface area contributed by atoms with E-state index in [4.69, 9.17) is 9.47 Å². The van der Waals surface area contributed by atoms with E-state index in [-0.39, 0.29) is 17.7 Å². The molecule has 8 atom stereocenters. The van der Waals surface area contributed by atoms with Crippen LogP contribution in [-0.4, -0.2) is 102 Å². The molecule has 2 saturated heterocycles. The third-order valence-corrected chi connectivity index (χ3v) is 8.30. The molecule has 0 saturated carbocycles. The van der Waals surface area contributed by atoms with Crippen molar-refractivity contribution in [1.29, 1.82) is 0 Å². The Morgan fingerprint density at radius 3 is 2.51 bits per heavy atom. The van der Waals surface area contributed by atoms with Crippen LogP contribution in [0.4, 0.5) is 4.79 Å². The van der Waals surface area contributed by atoms with Gasteiger partial charge in [0.25, 0.3) is 0 Å². The largest absolute Gasteiger partial charge is 0.444 e. The van der Waals surface area contributed by atoms with E-state index in [2.05, 4.69) is 10.3 Å². The first-order chi connectivity index (χ1) is 18.3. The molecule has 1 aromatic rings. The van der Waals surface area contributed by atoms with Crippen LogP contribution in [0, 0.1) is 11.8 Å². The molecular weight excluding hydrogens is 524 g/mol. The number of amides is 2. The number of likely N-dealkylation sites (tertiary alicyclic amines) is 1. The normalized spacial score (nSPS) is 30.7. The van der Waals surface area contributed by atoms with E-state index in [1.165, 1.54) is 16.7 Å². The predicted octanol–water partition coefficient (Wildman–Crippen LogP) is 1.99. The topological polar surface area (TPSA) is 146 Å². The molecule has 3 heterocycles. The summed E-state index contributed by atoms with van der Waals surface area (Å²) in [5.41, 5.74) is -1.45. The highest BCUT2D eigenvalue weighted by Gasteiger charge is 2.48. The Hall–Kier alpha value is -1.86. The Balaban J connectivity index is 1.76. The van der Waals surface area contributed by atoms with Crippen LogP contribution in [0.25, 0.3) is 0 Å². The summed E-state index contributed by atoms with van der Waals surface area (Å²) in [6, 6.07) is -1.41. The van der Waals surface area contributed by atoms with E-state index in [0.29, 0.717) is 13.0 Å². The quantitative estimate of drug-likeness (QED) is 0.350. The van der Waals surface area contributed by atoms with Gasteiger partial charge in [-0.1, -0.05) is 13.8 Å². The predicted molar refractivity (Wildman–Crippen MR) is 148 cm³/mol. The number of aromatic nitrogens is 2. The van der Waals surface area contributed by atoms with Crippen LogP contribution >= 0.6 is 11.8 Å². The average molecular weight is 571 g/mol. The molecule has 39 heavy (non-hydrogen) atoms. The van der Waals surface area contributed by atoms with Crippen LogP contribution in [0.15, 0.2) is 18.7 Å². The Labute approximate surface area is 235 Å². The summed E-state index contributed by atoms with van der Waals surface area (Å²) >= 11 is 1.22. The lowest BCUT2D eigenvalue weighted by molar-refractivity contribution is -0.208. The van der Waals surface area contributed by atoms with Crippen LogP contribution in [0.3, 0.4) is 0 Å². The van der Waals surface area contributed by atoms with Crippen molar-refractivity contribution < 1.29 is 34.4 Å². The molecule has 0 aliphatic carbocycles. The summed E-state index contributed by atoms with van der Waals surface area (Å²) in [7, 11) is 0. The fourth-order valence-electron chi connectivity index (χ4n) is 5.32. The average Bonchev–Trinajstić information content (AvgIpc) is 3.38. The molecule has 0 radical (unpaired) electrons. The highest BCUT2D eigenvalue weighted by atomic mass is 32.2. The van der Waals surface area contributed by atoms with E-state index >= 15 is 0 Å². The van der Waals surface area contributed by atoms with E-state index < -0.39 is 53.6 Å². The van der Waals surface area contributed by atoms with Crippen molar-refractivity contribution in [3.05, 3.63) is 18.7 Å². The number of carbonyl (C=O) groups is 2. The van der Waals surface area contributed by atoms with Gasteiger partial charge in [-0.05, 0) is 64.5 Å². The number of thioether (sulfide) groups is 1. The third kappa shape index (κ3) is 8.32. The van der Waals surface area contributed by atoms with Crippen LogP contribution in [0.1, 0.15) is 60.3 Å². The van der Waals surface area contributed by atoms with Crippen molar-refractivity contribution in [3.8, 4) is 0 Å². The Morgan fingerprint density at radius 2 is 1.92 bits per heavy atom. The smallest absolute Gasteiger partial charge is 0.410 e. The maximum absolute atomic E-state index is 13.8. The van der Waals surface area contributed by atoms with Gasteiger partial charge in [-0.15, -0.1) is 11.8 Å². The fraction of sp³-hybridized carbons (Fsp3) is 0.815. The van der Waals surface area contributed by atoms with Gasteiger partial charge in [0.15, 0.2) is 0 Å². The first kappa shape index (κ1) is 31.7. The molecular formula is C27H46N4O7S. The van der Waals surface area contributed by atoms with E-state index in [0.717, 1.165) is 25.8 Å². The highest BCUT2D eigenvalue weighted by Crippen LogP contribution is 2.32. The molecule has 1 aromatic heterocycles. The summed E-state index contributed by atoms with van der Waals surface area (Å²) in [4.78, 5) is 32.5. The second kappa shape index (κ2) is 13.7. The second-order valence-corrected chi connectivity index (χ2v) is 12.9. The van der Waals surface area contributed by atoms with Gasteiger partial charge in [0.2, 0.25) is 5.91 Å². The summed E-state index contributed by atoms with van der Waals surface area (Å²) in [5, 5.41) is 34.5. The molecule has 4 N–H and O–H groups in total. The molecule has 222 valence electrons. The standard InChI is InChI=1S/C27H46N4O7S/c1-16(2)19(23-21(33)20(32)22(34)25(37-23)39-6)29-24(35)18-14-17(8-7-11-30-13-10-28-15-30)9-12-31(18)26(36)38-27(3,4)5/h10,13,15-23,25,32-34H,7-9,11-12,14H2,1-6H3,(H,29,35). The fourth-order valence-corrected chi connectivity index (χ4v) is 6.00. The molecule has 11 nitrogen and oxygen atoms in total. The molecule has 2 aliphatic heterocycles. The van der Waals surface area contributed by atoms with E-state index in [1.54, 1.807) is 39.6 Å². The zero-order valence-electron chi connectivity index (χ0n) is 23.9. The second-order valence-electron chi connectivity index (χ2n) is 12.0.